The molecule has 1 aliphatic heterocycles. The molecular weight excluding hydrogens is 609 g/mol. The zero-order valence-electron chi connectivity index (χ0n) is 27.6. The highest BCUT2D eigenvalue weighted by Crippen LogP contribution is 2.68. The summed E-state index contributed by atoms with van der Waals surface area (Å²) in [5, 5.41) is 10.3. The van der Waals surface area contributed by atoms with Gasteiger partial charge in [0.15, 0.2) is 0 Å². The van der Waals surface area contributed by atoms with Crippen LogP contribution in [0.25, 0.3) is 87.6 Å². The first-order valence-electron chi connectivity index (χ1n) is 17.0. The Morgan fingerprint density at radius 2 is 0.939 bits per heavy atom. The van der Waals surface area contributed by atoms with Crippen LogP contribution in [-0.2, 0) is 0 Å². The highest BCUT2D eigenvalue weighted by molar-refractivity contribution is 8.33. The van der Waals surface area contributed by atoms with Gasteiger partial charge >= 0.3 is 0 Å². The first-order valence-corrected chi connectivity index (χ1v) is 19.4. The van der Waals surface area contributed by atoms with Crippen molar-refractivity contribution in [2.24, 2.45) is 0 Å². The number of benzene rings is 9. The van der Waals surface area contributed by atoms with Gasteiger partial charge in [0.05, 0.1) is 0 Å². The normalized spacial score (nSPS) is 13.9. The fraction of sp³-hybridized carbons (Fsp3) is 0.0417. The van der Waals surface area contributed by atoms with Gasteiger partial charge in [0.1, 0.15) is 0 Å². The molecule has 0 nitrogen and oxygen atoms in total. The second kappa shape index (κ2) is 10.7. The Hall–Kier alpha value is -5.63. The van der Waals surface area contributed by atoms with Gasteiger partial charge in [-0.05, 0) is 130 Å². The van der Waals surface area contributed by atoms with Crippen LogP contribution >= 0.6 is 10.0 Å². The predicted octanol–water partition coefficient (Wildman–Crippen LogP) is 13.8. The van der Waals surface area contributed by atoms with E-state index in [1.165, 1.54) is 97.4 Å². The molecule has 0 amide bonds. The molecular formula is C48H34S. The Balaban J connectivity index is 1.39. The molecule has 0 spiro atoms. The average Bonchev–Trinajstić information content (AvgIpc) is 3.38. The van der Waals surface area contributed by atoms with E-state index in [0.717, 1.165) is 0 Å². The lowest BCUT2D eigenvalue weighted by Gasteiger charge is -2.29. The zero-order valence-corrected chi connectivity index (χ0v) is 28.4. The molecule has 232 valence electrons. The van der Waals surface area contributed by atoms with E-state index in [2.05, 4.69) is 182 Å². The van der Waals surface area contributed by atoms with E-state index in [4.69, 9.17) is 0 Å². The maximum atomic E-state index is 2.57. The standard InChI is InChI=1S/C48H34S/c1-49(2)45-22-11-10-20-39(45)41-29-43-44(30-46(41)49)47(33-15-4-3-5-16-33)42-28-35(38-21-12-18-32-14-8-9-19-37(32)38)25-26-40(42)48(43)36-24-23-31-13-6-7-17-34(31)27-36/h3-30H,1-2H3. The van der Waals surface area contributed by atoms with Gasteiger partial charge < -0.3 is 0 Å². The lowest BCUT2D eigenvalue weighted by atomic mass is 9.83. The molecule has 0 aromatic heterocycles. The summed E-state index contributed by atoms with van der Waals surface area (Å²) in [6.45, 7) is 0. The van der Waals surface area contributed by atoms with Crippen molar-refractivity contribution in [1.82, 2.24) is 0 Å². The van der Waals surface area contributed by atoms with Crippen molar-refractivity contribution in [1.29, 1.82) is 0 Å². The quantitative estimate of drug-likeness (QED) is 0.168. The summed E-state index contributed by atoms with van der Waals surface area (Å²) < 4.78 is 0. The highest BCUT2D eigenvalue weighted by Gasteiger charge is 2.33. The van der Waals surface area contributed by atoms with Gasteiger partial charge in [-0.2, -0.15) is 10.0 Å². The Bertz CT molecular complexity index is 2780. The monoisotopic (exact) mass is 642 g/mol. The van der Waals surface area contributed by atoms with E-state index in [0.29, 0.717) is 0 Å². The molecule has 1 aliphatic rings. The summed E-state index contributed by atoms with van der Waals surface area (Å²) in [5.41, 5.74) is 10.4. The maximum absolute atomic E-state index is 2.57. The van der Waals surface area contributed by atoms with E-state index >= 15 is 0 Å². The first kappa shape index (κ1) is 28.4. The van der Waals surface area contributed by atoms with Gasteiger partial charge in [-0.1, -0.05) is 140 Å². The minimum Gasteiger partial charge on any atom is -0.192 e. The molecule has 0 saturated heterocycles. The maximum Gasteiger partial charge on any atom is 0.00219 e. The van der Waals surface area contributed by atoms with Gasteiger partial charge in [-0.15, -0.1) is 0 Å². The van der Waals surface area contributed by atoms with Crippen LogP contribution in [0.3, 0.4) is 0 Å². The van der Waals surface area contributed by atoms with Crippen LogP contribution in [0.15, 0.2) is 180 Å². The second-order valence-electron chi connectivity index (χ2n) is 13.7. The summed E-state index contributed by atoms with van der Waals surface area (Å²) in [5.74, 6) is 0. The molecule has 0 atom stereocenters. The third-order valence-electron chi connectivity index (χ3n) is 10.7. The minimum absolute atomic E-state index is 1.19. The molecule has 0 bridgehead atoms. The Morgan fingerprint density at radius 3 is 1.82 bits per heavy atom. The van der Waals surface area contributed by atoms with Gasteiger partial charge in [-0.3, -0.25) is 0 Å². The second-order valence-corrected chi connectivity index (χ2v) is 17.2. The van der Waals surface area contributed by atoms with E-state index < -0.39 is 10.0 Å². The van der Waals surface area contributed by atoms with Crippen LogP contribution in [-0.4, -0.2) is 12.5 Å². The van der Waals surface area contributed by atoms with Crippen molar-refractivity contribution in [3.8, 4) is 44.5 Å². The first-order chi connectivity index (χ1) is 24.1. The Morgan fingerprint density at radius 1 is 0.306 bits per heavy atom. The molecule has 0 unspecified atom stereocenters. The van der Waals surface area contributed by atoms with Crippen LogP contribution < -0.4 is 0 Å². The molecule has 10 rings (SSSR count). The highest BCUT2D eigenvalue weighted by atomic mass is 32.3. The average molecular weight is 643 g/mol. The predicted molar refractivity (Wildman–Crippen MR) is 214 cm³/mol. The third-order valence-corrected chi connectivity index (χ3v) is 13.6. The Kier molecular flexibility index (Phi) is 6.19. The van der Waals surface area contributed by atoms with Crippen molar-refractivity contribution in [2.75, 3.05) is 12.5 Å². The van der Waals surface area contributed by atoms with E-state index in [1.807, 2.05) is 0 Å². The molecule has 0 fully saturated rings. The van der Waals surface area contributed by atoms with E-state index in [1.54, 1.807) is 0 Å². The minimum atomic E-state index is -1.19. The molecule has 0 N–H and O–H groups in total. The molecule has 9 aromatic rings. The van der Waals surface area contributed by atoms with Crippen molar-refractivity contribution in [3.05, 3.63) is 170 Å². The van der Waals surface area contributed by atoms with Crippen LogP contribution in [0.1, 0.15) is 0 Å². The Labute approximate surface area is 288 Å². The number of hydrogen-bond acceptors (Lipinski definition) is 0. The lowest BCUT2D eigenvalue weighted by molar-refractivity contribution is 1.46. The fourth-order valence-corrected chi connectivity index (χ4v) is 10.9. The van der Waals surface area contributed by atoms with Crippen LogP contribution in [0.2, 0.25) is 0 Å². The summed E-state index contributed by atoms with van der Waals surface area (Å²) in [6.07, 6.45) is 4.94. The summed E-state index contributed by atoms with van der Waals surface area (Å²) >= 11 is 0. The number of hydrogen-bond donors (Lipinski definition) is 0. The largest absolute Gasteiger partial charge is 0.192 e. The van der Waals surface area contributed by atoms with Gasteiger partial charge in [-0.25, -0.2) is 0 Å². The summed E-state index contributed by atoms with van der Waals surface area (Å²) in [6, 6.07) is 63.5. The van der Waals surface area contributed by atoms with Crippen molar-refractivity contribution in [2.45, 2.75) is 9.79 Å². The van der Waals surface area contributed by atoms with Gasteiger partial charge in [0.2, 0.25) is 0 Å². The molecule has 0 saturated carbocycles. The van der Waals surface area contributed by atoms with Gasteiger partial charge in [0, 0.05) is 9.79 Å². The van der Waals surface area contributed by atoms with E-state index in [-0.39, 0.29) is 0 Å². The molecule has 1 heterocycles. The molecule has 49 heavy (non-hydrogen) atoms. The molecule has 9 aromatic carbocycles. The van der Waals surface area contributed by atoms with Gasteiger partial charge in [0.25, 0.3) is 0 Å². The van der Waals surface area contributed by atoms with Crippen molar-refractivity contribution >= 4 is 53.1 Å². The topological polar surface area (TPSA) is 0 Å². The number of rotatable bonds is 3. The summed E-state index contributed by atoms with van der Waals surface area (Å²) in [4.78, 5) is 2.96. The molecule has 1 heteroatoms. The summed E-state index contributed by atoms with van der Waals surface area (Å²) in [7, 11) is -1.19. The molecule has 0 aliphatic carbocycles. The van der Waals surface area contributed by atoms with E-state index in [9.17, 15) is 0 Å². The van der Waals surface area contributed by atoms with Crippen LogP contribution in [0.4, 0.5) is 0 Å². The van der Waals surface area contributed by atoms with Crippen molar-refractivity contribution in [3.63, 3.8) is 0 Å². The van der Waals surface area contributed by atoms with Crippen molar-refractivity contribution < 1.29 is 0 Å². The number of fused-ring (bicyclic) bond motifs is 7. The lowest BCUT2D eigenvalue weighted by Crippen LogP contribution is -1.95. The van der Waals surface area contributed by atoms with Crippen LogP contribution in [0.5, 0.6) is 0 Å². The zero-order chi connectivity index (χ0) is 32.7. The molecule has 0 radical (unpaired) electrons. The van der Waals surface area contributed by atoms with Crippen LogP contribution in [0, 0.1) is 0 Å². The smallest absolute Gasteiger partial charge is 0.00219 e. The third kappa shape index (κ3) is 4.26. The SMILES string of the molecule is CS1(C)c2ccccc2-c2cc3c(-c4ccc5ccccc5c4)c4ccc(-c5cccc6ccccc56)cc4c(-c4ccccc4)c3cc21. The fourth-order valence-electron chi connectivity index (χ4n) is 8.35.